The number of carbonyl (C=O) groups is 2. The van der Waals surface area contributed by atoms with Crippen LogP contribution in [0, 0.1) is 0 Å². The molecule has 0 atom stereocenters. The van der Waals surface area contributed by atoms with Crippen LogP contribution in [0.2, 0.25) is 5.02 Å². The van der Waals surface area contributed by atoms with Crippen LogP contribution in [0.25, 0.3) is 6.08 Å². The molecule has 1 fully saturated rings. The second-order valence-corrected chi connectivity index (χ2v) is 10.4. The molecule has 5 nitrogen and oxygen atoms in total. The van der Waals surface area contributed by atoms with E-state index in [1.807, 2.05) is 84.8 Å². The number of hydrogen-bond donors (Lipinski definition) is 0. The summed E-state index contributed by atoms with van der Waals surface area (Å²) < 4.78 is 2.17. The minimum absolute atomic E-state index is 0.0114. The second-order valence-electron chi connectivity index (χ2n) is 10.0. The van der Waals surface area contributed by atoms with Crippen molar-refractivity contribution in [3.8, 4) is 0 Å². The highest BCUT2D eigenvalue weighted by Gasteiger charge is 2.28. The van der Waals surface area contributed by atoms with Crippen molar-refractivity contribution in [1.82, 2.24) is 14.4 Å². The van der Waals surface area contributed by atoms with Gasteiger partial charge in [0.15, 0.2) is 0 Å². The van der Waals surface area contributed by atoms with Gasteiger partial charge in [-0.25, -0.2) is 0 Å². The molecule has 1 aliphatic rings. The number of benzene rings is 2. The van der Waals surface area contributed by atoms with Gasteiger partial charge in [-0.05, 0) is 54.7 Å². The molecule has 38 heavy (non-hydrogen) atoms. The molecule has 0 unspecified atom stereocenters. The Hall–Kier alpha value is -3.31. The van der Waals surface area contributed by atoms with E-state index >= 15 is 0 Å². The summed E-state index contributed by atoms with van der Waals surface area (Å²) in [4.78, 5) is 30.6. The number of nitrogens with zero attached hydrogens (tertiary/aromatic N) is 3. The Morgan fingerprint density at radius 3 is 2.45 bits per heavy atom. The van der Waals surface area contributed by atoms with Gasteiger partial charge in [0, 0.05) is 42.1 Å². The summed E-state index contributed by atoms with van der Waals surface area (Å²) in [7, 11) is 0. The zero-order valence-corrected chi connectivity index (χ0v) is 23.0. The van der Waals surface area contributed by atoms with Gasteiger partial charge in [-0.15, -0.1) is 0 Å². The zero-order chi connectivity index (χ0) is 26.7. The fourth-order valence-corrected chi connectivity index (χ4v) is 5.37. The largest absolute Gasteiger partial charge is 0.345 e. The molecule has 0 N–H and O–H groups in total. The molecule has 2 aromatic carbocycles. The van der Waals surface area contributed by atoms with Gasteiger partial charge in [-0.3, -0.25) is 9.59 Å². The van der Waals surface area contributed by atoms with E-state index in [1.165, 1.54) is 6.42 Å². The van der Waals surface area contributed by atoms with Crippen LogP contribution in [0.5, 0.6) is 0 Å². The van der Waals surface area contributed by atoms with Gasteiger partial charge >= 0.3 is 0 Å². The van der Waals surface area contributed by atoms with Gasteiger partial charge in [0.25, 0.3) is 0 Å². The molecule has 0 saturated heterocycles. The van der Waals surface area contributed by atoms with Crippen molar-refractivity contribution in [3.63, 3.8) is 0 Å². The monoisotopic (exact) mass is 531 g/mol. The highest BCUT2D eigenvalue weighted by atomic mass is 35.5. The maximum absolute atomic E-state index is 13.8. The quantitative estimate of drug-likeness (QED) is 0.255. The highest BCUT2D eigenvalue weighted by molar-refractivity contribution is 6.31. The molecule has 0 aliphatic heterocycles. The molecule has 1 heterocycles. The van der Waals surface area contributed by atoms with Crippen molar-refractivity contribution in [3.05, 3.63) is 101 Å². The van der Waals surface area contributed by atoms with Crippen molar-refractivity contribution in [2.75, 3.05) is 13.1 Å². The summed E-state index contributed by atoms with van der Waals surface area (Å²) in [5.74, 6) is -0.118. The molecule has 200 valence electrons. The van der Waals surface area contributed by atoms with E-state index in [2.05, 4.69) is 10.6 Å². The molecular weight excluding hydrogens is 494 g/mol. The molecule has 3 aromatic rings. The average Bonchev–Trinajstić information content (AvgIpc) is 3.38. The Labute approximate surface area is 231 Å². The third kappa shape index (κ3) is 7.61. The van der Waals surface area contributed by atoms with Gasteiger partial charge < -0.3 is 14.4 Å². The molecule has 0 bridgehead atoms. The lowest BCUT2D eigenvalue weighted by atomic mass is 9.94. The molecule has 4 rings (SSSR count). The lowest BCUT2D eigenvalue weighted by molar-refractivity contribution is -0.141. The predicted octanol–water partition coefficient (Wildman–Crippen LogP) is 6.80. The Morgan fingerprint density at radius 2 is 1.71 bits per heavy atom. The van der Waals surface area contributed by atoms with Crippen LogP contribution in [0.3, 0.4) is 0 Å². The van der Waals surface area contributed by atoms with Crippen LogP contribution < -0.4 is 0 Å². The first-order valence-electron chi connectivity index (χ1n) is 13.7. The van der Waals surface area contributed by atoms with Crippen LogP contribution in [-0.2, 0) is 22.7 Å². The van der Waals surface area contributed by atoms with E-state index < -0.39 is 0 Å². The molecular formula is C32H38ClN3O2. The van der Waals surface area contributed by atoms with Crippen LogP contribution in [0.1, 0.15) is 62.3 Å². The smallest absolute Gasteiger partial charge is 0.247 e. The third-order valence-corrected chi connectivity index (χ3v) is 7.61. The summed E-state index contributed by atoms with van der Waals surface area (Å²) in [6, 6.07) is 21.9. The number of halogens is 1. The standard InChI is InChI=1S/C32H38ClN3O2/c1-2-21-35(31(37)20-19-26-12-5-3-6-13-26)25-32(38)36(28-15-7-4-8-16-28)24-29-17-11-22-34(29)23-27-14-9-10-18-30(27)33/h3,5-6,9-14,17-20,22,28H,2,4,7-8,15-16,21,23-25H2,1H3/b20-19+. The Bertz CT molecular complexity index is 1210. The summed E-state index contributed by atoms with van der Waals surface area (Å²) >= 11 is 6.43. The summed E-state index contributed by atoms with van der Waals surface area (Å²) in [6.07, 6.45) is 11.7. The Kier molecular flexibility index (Phi) is 10.2. The second kappa shape index (κ2) is 14.0. The molecule has 0 spiro atoms. The van der Waals surface area contributed by atoms with Gasteiger partial charge in [-0.2, -0.15) is 0 Å². The Morgan fingerprint density at radius 1 is 0.974 bits per heavy atom. The van der Waals surface area contributed by atoms with Crippen LogP contribution in [0.15, 0.2) is 79.0 Å². The molecule has 1 saturated carbocycles. The van der Waals surface area contributed by atoms with Gasteiger partial charge in [0.1, 0.15) is 6.54 Å². The fraction of sp³-hybridized carbons (Fsp3) is 0.375. The lowest BCUT2D eigenvalue weighted by Gasteiger charge is -2.36. The van der Waals surface area contributed by atoms with Crippen molar-refractivity contribution in [2.45, 2.75) is 64.6 Å². The maximum Gasteiger partial charge on any atom is 0.247 e. The van der Waals surface area contributed by atoms with E-state index in [9.17, 15) is 9.59 Å². The summed E-state index contributed by atoms with van der Waals surface area (Å²) in [6.45, 7) is 3.85. The van der Waals surface area contributed by atoms with Crippen LogP contribution in [0.4, 0.5) is 0 Å². The lowest BCUT2D eigenvalue weighted by Crippen LogP contribution is -2.47. The van der Waals surface area contributed by atoms with E-state index in [0.29, 0.717) is 19.6 Å². The van der Waals surface area contributed by atoms with E-state index in [-0.39, 0.29) is 24.4 Å². The average molecular weight is 532 g/mol. The van der Waals surface area contributed by atoms with Gasteiger partial charge in [0.05, 0.1) is 6.54 Å². The maximum atomic E-state index is 13.8. The summed E-state index contributed by atoms with van der Waals surface area (Å²) in [5, 5.41) is 0.740. The summed E-state index contributed by atoms with van der Waals surface area (Å²) in [5.41, 5.74) is 3.08. The molecule has 6 heteroatoms. The molecule has 2 amide bonds. The Balaban J connectivity index is 1.51. The molecule has 0 radical (unpaired) electrons. The zero-order valence-electron chi connectivity index (χ0n) is 22.3. The number of carbonyl (C=O) groups excluding carboxylic acids is 2. The van der Waals surface area contributed by atoms with Crippen molar-refractivity contribution in [2.24, 2.45) is 0 Å². The van der Waals surface area contributed by atoms with E-state index in [0.717, 1.165) is 53.9 Å². The van der Waals surface area contributed by atoms with Crippen molar-refractivity contribution >= 4 is 29.5 Å². The minimum Gasteiger partial charge on any atom is -0.345 e. The number of rotatable bonds is 11. The topological polar surface area (TPSA) is 45.6 Å². The van der Waals surface area contributed by atoms with E-state index in [4.69, 9.17) is 11.6 Å². The first-order valence-corrected chi connectivity index (χ1v) is 14.1. The van der Waals surface area contributed by atoms with Crippen molar-refractivity contribution < 1.29 is 9.59 Å². The first-order chi connectivity index (χ1) is 18.5. The SMILES string of the molecule is CCCN(CC(=O)N(Cc1cccn1Cc1ccccc1Cl)C1CCCCC1)C(=O)/C=C/c1ccccc1. The van der Waals surface area contributed by atoms with Crippen LogP contribution in [-0.4, -0.2) is 45.3 Å². The third-order valence-electron chi connectivity index (χ3n) is 7.24. The normalized spacial score (nSPS) is 14.1. The highest BCUT2D eigenvalue weighted by Crippen LogP contribution is 2.25. The van der Waals surface area contributed by atoms with Gasteiger partial charge in [-0.1, -0.05) is 86.3 Å². The molecule has 1 aromatic heterocycles. The first kappa shape index (κ1) is 27.7. The van der Waals surface area contributed by atoms with Crippen LogP contribution >= 0.6 is 11.6 Å². The number of hydrogen-bond acceptors (Lipinski definition) is 2. The number of aromatic nitrogens is 1. The minimum atomic E-state index is -0.130. The molecule has 1 aliphatic carbocycles. The van der Waals surface area contributed by atoms with Crippen molar-refractivity contribution in [1.29, 1.82) is 0 Å². The fourth-order valence-electron chi connectivity index (χ4n) is 5.17. The van der Waals surface area contributed by atoms with E-state index in [1.54, 1.807) is 11.0 Å². The number of amides is 2. The van der Waals surface area contributed by atoms with Gasteiger partial charge in [0.2, 0.25) is 11.8 Å². The predicted molar refractivity (Wildman–Crippen MR) is 155 cm³/mol.